The van der Waals surface area contributed by atoms with E-state index in [0.29, 0.717) is 10.1 Å². The summed E-state index contributed by atoms with van der Waals surface area (Å²) in [6, 6.07) is 6.05. The molecule has 0 saturated carbocycles. The number of nitro groups is 1. The van der Waals surface area contributed by atoms with Crippen molar-refractivity contribution in [2.75, 3.05) is 14.1 Å². The van der Waals surface area contributed by atoms with Crippen LogP contribution in [0, 0.1) is 10.1 Å². The maximum absolute atomic E-state index is 11.9. The maximum Gasteiger partial charge on any atom is 0.269 e. The monoisotopic (exact) mass is 277 g/mol. The summed E-state index contributed by atoms with van der Waals surface area (Å²) < 4.78 is 0. The van der Waals surface area contributed by atoms with Crippen molar-refractivity contribution in [2.45, 2.75) is 0 Å². The zero-order valence-corrected chi connectivity index (χ0v) is 11.2. The van der Waals surface area contributed by atoms with E-state index in [1.54, 1.807) is 32.3 Å². The second kappa shape index (κ2) is 5.23. The van der Waals surface area contributed by atoms with Crippen LogP contribution in [0.3, 0.4) is 0 Å². The first-order valence-corrected chi connectivity index (χ1v) is 6.23. The van der Waals surface area contributed by atoms with Gasteiger partial charge in [-0.3, -0.25) is 24.8 Å². The molecule has 0 N–H and O–H groups in total. The summed E-state index contributed by atoms with van der Waals surface area (Å²) in [4.78, 5) is 28.0. The fourth-order valence-corrected chi connectivity index (χ4v) is 2.52. The summed E-state index contributed by atoms with van der Waals surface area (Å²) in [6.45, 7) is 0. The Labute approximate surface area is 114 Å². The summed E-state index contributed by atoms with van der Waals surface area (Å²) in [6.07, 6.45) is 1.70. The molecule has 0 atom stereocenters. The average molecular weight is 277 g/mol. The van der Waals surface area contributed by atoms with Crippen molar-refractivity contribution in [1.82, 2.24) is 4.90 Å². The minimum Gasteiger partial charge on any atom is -0.290 e. The van der Waals surface area contributed by atoms with Crippen molar-refractivity contribution in [3.63, 3.8) is 0 Å². The first-order chi connectivity index (χ1) is 9.02. The average Bonchev–Trinajstić information content (AvgIpc) is 2.67. The number of benzene rings is 1. The summed E-state index contributed by atoms with van der Waals surface area (Å²) in [5, 5.41) is 11.2. The van der Waals surface area contributed by atoms with Gasteiger partial charge in [0, 0.05) is 26.2 Å². The molecular formula is C12H11N3O3S. The Morgan fingerprint density at radius 3 is 2.47 bits per heavy atom. The van der Waals surface area contributed by atoms with E-state index in [2.05, 4.69) is 4.99 Å². The van der Waals surface area contributed by atoms with Gasteiger partial charge in [-0.25, -0.2) is 0 Å². The molecule has 0 radical (unpaired) electrons. The van der Waals surface area contributed by atoms with E-state index in [9.17, 15) is 14.9 Å². The van der Waals surface area contributed by atoms with E-state index in [1.807, 2.05) is 0 Å². The summed E-state index contributed by atoms with van der Waals surface area (Å²) >= 11 is 1.29. The quantitative estimate of drug-likeness (QED) is 0.471. The summed E-state index contributed by atoms with van der Waals surface area (Å²) in [5.41, 5.74) is 0.771. The van der Waals surface area contributed by atoms with E-state index >= 15 is 0 Å². The number of amidine groups is 1. The number of thioether (sulfide) groups is 1. The van der Waals surface area contributed by atoms with Gasteiger partial charge < -0.3 is 0 Å². The van der Waals surface area contributed by atoms with Crippen LogP contribution in [0.4, 0.5) is 5.69 Å². The van der Waals surface area contributed by atoms with Crippen LogP contribution in [0.15, 0.2) is 34.2 Å². The molecule has 1 aromatic carbocycles. The number of non-ortho nitro benzene ring substituents is 1. The third kappa shape index (κ3) is 2.65. The number of hydrogen-bond donors (Lipinski definition) is 0. The third-order valence-electron chi connectivity index (χ3n) is 2.60. The normalized spacial score (nSPS) is 19.5. The van der Waals surface area contributed by atoms with E-state index in [-0.39, 0.29) is 11.6 Å². The standard InChI is InChI=1S/C12H11N3O3S/c1-13-12-14(2)11(16)10(19-12)7-8-3-5-9(6-4-8)15(17)18/h3-7H,1-2H3/b10-7+,13-12?. The van der Waals surface area contributed by atoms with Crippen LogP contribution in [0.1, 0.15) is 5.56 Å². The zero-order chi connectivity index (χ0) is 14.0. The van der Waals surface area contributed by atoms with Crippen molar-refractivity contribution in [3.8, 4) is 0 Å². The van der Waals surface area contributed by atoms with E-state index < -0.39 is 4.92 Å². The Morgan fingerprint density at radius 1 is 1.37 bits per heavy atom. The van der Waals surface area contributed by atoms with Gasteiger partial charge in [0.2, 0.25) is 0 Å². The molecular weight excluding hydrogens is 266 g/mol. The number of likely N-dealkylation sites (N-methyl/N-ethyl adjacent to an activating group) is 1. The van der Waals surface area contributed by atoms with Crippen LogP contribution in [-0.2, 0) is 4.79 Å². The number of amides is 1. The van der Waals surface area contributed by atoms with Crippen molar-refractivity contribution in [3.05, 3.63) is 44.8 Å². The Balaban J connectivity index is 2.27. The largest absolute Gasteiger partial charge is 0.290 e. The molecule has 19 heavy (non-hydrogen) atoms. The first-order valence-electron chi connectivity index (χ1n) is 5.42. The van der Waals surface area contributed by atoms with Crippen LogP contribution in [0.25, 0.3) is 6.08 Å². The number of carbonyl (C=O) groups excluding carboxylic acids is 1. The van der Waals surface area contributed by atoms with E-state index in [4.69, 9.17) is 0 Å². The van der Waals surface area contributed by atoms with Crippen LogP contribution in [0.5, 0.6) is 0 Å². The lowest BCUT2D eigenvalue weighted by molar-refractivity contribution is -0.384. The van der Waals surface area contributed by atoms with Crippen molar-refractivity contribution in [2.24, 2.45) is 4.99 Å². The van der Waals surface area contributed by atoms with E-state index in [1.165, 1.54) is 28.8 Å². The molecule has 2 rings (SSSR count). The van der Waals surface area contributed by atoms with E-state index in [0.717, 1.165) is 5.56 Å². The topological polar surface area (TPSA) is 75.8 Å². The number of rotatable bonds is 2. The Morgan fingerprint density at radius 2 is 2.00 bits per heavy atom. The Bertz CT molecular complexity index is 593. The van der Waals surface area contributed by atoms with Gasteiger partial charge in [-0.1, -0.05) is 0 Å². The first kappa shape index (κ1) is 13.3. The van der Waals surface area contributed by atoms with Crippen LogP contribution in [-0.4, -0.2) is 35.0 Å². The third-order valence-corrected chi connectivity index (χ3v) is 3.75. The lowest BCUT2D eigenvalue weighted by atomic mass is 10.2. The number of nitrogens with zero attached hydrogens (tertiary/aromatic N) is 3. The number of hydrogen-bond acceptors (Lipinski definition) is 5. The van der Waals surface area contributed by atoms with Crippen molar-refractivity contribution in [1.29, 1.82) is 0 Å². The fraction of sp³-hybridized carbons (Fsp3) is 0.167. The van der Waals surface area contributed by atoms with Crippen LogP contribution in [0.2, 0.25) is 0 Å². The predicted octanol–water partition coefficient (Wildman–Crippen LogP) is 2.13. The lowest BCUT2D eigenvalue weighted by Gasteiger charge is -2.04. The van der Waals surface area contributed by atoms with Gasteiger partial charge in [-0.15, -0.1) is 0 Å². The van der Waals surface area contributed by atoms with Gasteiger partial charge in [0.05, 0.1) is 9.83 Å². The summed E-state index contributed by atoms with van der Waals surface area (Å²) in [7, 11) is 3.29. The Kier molecular flexibility index (Phi) is 3.66. The highest BCUT2D eigenvalue weighted by Gasteiger charge is 2.29. The number of nitro benzene ring substituents is 1. The molecule has 1 saturated heterocycles. The predicted molar refractivity (Wildman–Crippen MR) is 74.8 cm³/mol. The molecule has 1 heterocycles. The van der Waals surface area contributed by atoms with Crippen LogP contribution < -0.4 is 0 Å². The van der Waals surface area contributed by atoms with Gasteiger partial charge in [0.25, 0.3) is 11.6 Å². The van der Waals surface area contributed by atoms with Crippen LogP contribution >= 0.6 is 11.8 Å². The highest BCUT2D eigenvalue weighted by Crippen LogP contribution is 2.31. The Hall–Kier alpha value is -2.15. The fourth-order valence-electron chi connectivity index (χ4n) is 1.59. The highest BCUT2D eigenvalue weighted by atomic mass is 32.2. The minimum absolute atomic E-state index is 0.0282. The smallest absolute Gasteiger partial charge is 0.269 e. The lowest BCUT2D eigenvalue weighted by Crippen LogP contribution is -2.23. The van der Waals surface area contributed by atoms with Gasteiger partial charge in [-0.2, -0.15) is 0 Å². The second-order valence-electron chi connectivity index (χ2n) is 3.83. The second-order valence-corrected chi connectivity index (χ2v) is 4.84. The molecule has 1 aliphatic rings. The molecule has 1 fully saturated rings. The molecule has 0 unspecified atom stereocenters. The van der Waals surface area contributed by atoms with Gasteiger partial charge >= 0.3 is 0 Å². The molecule has 6 nitrogen and oxygen atoms in total. The molecule has 0 bridgehead atoms. The molecule has 1 aliphatic heterocycles. The molecule has 7 heteroatoms. The molecule has 1 aromatic rings. The molecule has 0 aromatic heterocycles. The molecule has 98 valence electrons. The number of carbonyl (C=O) groups is 1. The van der Waals surface area contributed by atoms with Crippen molar-refractivity contribution < 1.29 is 9.72 Å². The van der Waals surface area contributed by atoms with Gasteiger partial charge in [0.1, 0.15) is 0 Å². The molecule has 0 spiro atoms. The maximum atomic E-state index is 11.9. The van der Waals surface area contributed by atoms with Gasteiger partial charge in [0.15, 0.2) is 5.17 Å². The zero-order valence-electron chi connectivity index (χ0n) is 10.4. The van der Waals surface area contributed by atoms with Crippen molar-refractivity contribution >= 4 is 34.6 Å². The highest BCUT2D eigenvalue weighted by molar-refractivity contribution is 8.18. The molecule has 0 aliphatic carbocycles. The minimum atomic E-state index is -0.456. The summed E-state index contributed by atoms with van der Waals surface area (Å²) in [5.74, 6) is -0.121. The molecule has 1 amide bonds. The SMILES string of the molecule is CN=C1S/C(=C/c2ccc([N+](=O)[O-])cc2)C(=O)N1C. The van der Waals surface area contributed by atoms with Gasteiger partial charge in [-0.05, 0) is 35.5 Å². The number of aliphatic imine (C=N–C) groups is 1.